The molecule has 0 aromatic heterocycles. The summed E-state index contributed by atoms with van der Waals surface area (Å²) in [6.07, 6.45) is 2.47. The Kier molecular flexibility index (Phi) is 16.7. The molecule has 0 fully saturated rings. The van der Waals surface area contributed by atoms with E-state index >= 15 is 0 Å². The second kappa shape index (κ2) is 18.2. The van der Waals surface area contributed by atoms with Gasteiger partial charge in [0.2, 0.25) is 17.7 Å². The minimum absolute atomic E-state index is 0.0975. The van der Waals surface area contributed by atoms with Gasteiger partial charge in [-0.05, 0) is 43.6 Å². The van der Waals surface area contributed by atoms with Crippen molar-refractivity contribution in [1.29, 1.82) is 0 Å². The molecule has 11 N–H and O–H groups in total. The Labute approximate surface area is 220 Å². The molecule has 0 aromatic carbocycles. The first-order chi connectivity index (χ1) is 17.3. The van der Waals surface area contributed by atoms with Gasteiger partial charge in [-0.15, -0.1) is 0 Å². The van der Waals surface area contributed by atoms with Gasteiger partial charge >= 0.3 is 11.9 Å². The number of aliphatic imine (C=N–C) groups is 1. The first kappa shape index (κ1) is 33.9. The lowest BCUT2D eigenvalue weighted by Crippen LogP contribution is -2.58. The topological polar surface area (TPSA) is 252 Å². The van der Waals surface area contributed by atoms with Crippen LogP contribution in [0.4, 0.5) is 0 Å². The van der Waals surface area contributed by atoms with Gasteiger partial charge in [-0.1, -0.05) is 20.3 Å². The van der Waals surface area contributed by atoms with E-state index in [0.29, 0.717) is 18.6 Å². The summed E-state index contributed by atoms with van der Waals surface area (Å²) in [5.41, 5.74) is 16.4. The monoisotopic (exact) mass is 547 g/mol. The normalized spacial score (nSPS) is 14.8. The van der Waals surface area contributed by atoms with E-state index in [-0.39, 0.29) is 44.1 Å². The largest absolute Gasteiger partial charge is 0.481 e. The molecular weight excluding hydrogens is 506 g/mol. The molecule has 0 aliphatic heterocycles. The van der Waals surface area contributed by atoms with Crippen molar-refractivity contribution in [3.8, 4) is 0 Å². The third-order valence-electron chi connectivity index (χ3n) is 5.60. The van der Waals surface area contributed by atoms with Gasteiger partial charge in [-0.3, -0.25) is 24.2 Å². The number of carbonyl (C=O) groups excluding carboxylic acids is 3. The number of hydrogen-bond acceptors (Lipinski definition) is 8. The third kappa shape index (κ3) is 14.3. The lowest BCUT2D eigenvalue weighted by atomic mass is 9.97. The summed E-state index contributed by atoms with van der Waals surface area (Å²) >= 11 is 1.44. The fourth-order valence-electron chi connectivity index (χ4n) is 3.17. The van der Waals surface area contributed by atoms with Gasteiger partial charge in [0.05, 0.1) is 6.04 Å². The van der Waals surface area contributed by atoms with Crippen LogP contribution >= 0.6 is 11.8 Å². The molecule has 0 spiro atoms. The summed E-state index contributed by atoms with van der Waals surface area (Å²) in [6.45, 7) is 3.73. The molecule has 0 aliphatic carbocycles. The molecular formula is C22H41N7O7S. The van der Waals surface area contributed by atoms with Crippen molar-refractivity contribution < 1.29 is 34.2 Å². The summed E-state index contributed by atoms with van der Waals surface area (Å²) in [5.74, 6) is -4.33. The van der Waals surface area contributed by atoms with Crippen LogP contribution in [0.5, 0.6) is 0 Å². The molecule has 14 nitrogen and oxygen atoms in total. The van der Waals surface area contributed by atoms with Crippen molar-refractivity contribution in [1.82, 2.24) is 16.0 Å². The van der Waals surface area contributed by atoms with Crippen molar-refractivity contribution in [2.75, 3.05) is 18.6 Å². The second-order valence-electron chi connectivity index (χ2n) is 8.60. The van der Waals surface area contributed by atoms with Crippen molar-refractivity contribution >= 4 is 47.4 Å². The molecule has 5 atom stereocenters. The molecule has 0 bridgehead atoms. The van der Waals surface area contributed by atoms with E-state index < -0.39 is 53.8 Å². The van der Waals surface area contributed by atoms with Crippen LogP contribution in [0.25, 0.3) is 0 Å². The Hall–Kier alpha value is -3.07. The van der Waals surface area contributed by atoms with Crippen LogP contribution in [0.15, 0.2) is 4.99 Å². The number of nitrogens with two attached hydrogens (primary N) is 3. The van der Waals surface area contributed by atoms with Crippen molar-refractivity contribution in [3.05, 3.63) is 0 Å². The molecule has 0 rings (SSSR count). The predicted octanol–water partition coefficient (Wildman–Crippen LogP) is -1.43. The van der Waals surface area contributed by atoms with E-state index in [9.17, 15) is 29.1 Å². The molecule has 15 heteroatoms. The van der Waals surface area contributed by atoms with Gasteiger partial charge in [-0.25, -0.2) is 4.79 Å². The molecule has 0 heterocycles. The highest BCUT2D eigenvalue weighted by molar-refractivity contribution is 7.98. The SMILES string of the molecule is CCC(C)C(NC(=O)C(CCCN=C(N)N)NC(=O)C(N)CCC(=O)O)C(=O)NC(CCSC)C(=O)O. The molecule has 0 aromatic rings. The maximum Gasteiger partial charge on any atom is 0.326 e. The quantitative estimate of drug-likeness (QED) is 0.0528. The maximum atomic E-state index is 13.2. The number of nitrogens with zero attached hydrogens (tertiary/aromatic N) is 1. The van der Waals surface area contributed by atoms with E-state index in [1.54, 1.807) is 6.92 Å². The summed E-state index contributed by atoms with van der Waals surface area (Å²) < 4.78 is 0. The number of rotatable bonds is 19. The van der Waals surface area contributed by atoms with Gasteiger partial charge in [-0.2, -0.15) is 11.8 Å². The molecule has 0 saturated carbocycles. The second-order valence-corrected chi connectivity index (χ2v) is 9.59. The number of carbonyl (C=O) groups is 5. The highest BCUT2D eigenvalue weighted by Crippen LogP contribution is 2.11. The zero-order chi connectivity index (χ0) is 28.5. The highest BCUT2D eigenvalue weighted by atomic mass is 32.2. The highest BCUT2D eigenvalue weighted by Gasteiger charge is 2.32. The van der Waals surface area contributed by atoms with Crippen molar-refractivity contribution in [2.24, 2.45) is 28.1 Å². The number of hydrogen-bond donors (Lipinski definition) is 8. The lowest BCUT2D eigenvalue weighted by Gasteiger charge is -2.28. The van der Waals surface area contributed by atoms with Crippen molar-refractivity contribution in [3.63, 3.8) is 0 Å². The number of guanidine groups is 1. The zero-order valence-electron chi connectivity index (χ0n) is 21.6. The average molecular weight is 548 g/mol. The van der Waals surface area contributed by atoms with Crippen LogP contribution in [0.1, 0.15) is 52.4 Å². The first-order valence-electron chi connectivity index (χ1n) is 12.0. The molecule has 3 amide bonds. The number of aliphatic carboxylic acids is 2. The standard InChI is InChI=1S/C22H41N7O7S/c1-4-12(2)17(20(34)28-15(21(35)36)9-11-37-3)29-19(33)14(6-5-10-26-22(24)25)27-18(32)13(23)7-8-16(30)31/h12-15,17H,4-11,23H2,1-3H3,(H,27,32)(H,28,34)(H,29,33)(H,30,31)(H,35,36)(H4,24,25,26). The Bertz CT molecular complexity index is 808. The first-order valence-corrected chi connectivity index (χ1v) is 13.4. The minimum atomic E-state index is -1.18. The van der Waals surface area contributed by atoms with Gasteiger partial charge in [0.25, 0.3) is 0 Å². The predicted molar refractivity (Wildman–Crippen MR) is 141 cm³/mol. The van der Waals surface area contributed by atoms with E-state index in [0.717, 1.165) is 0 Å². The van der Waals surface area contributed by atoms with Crippen LogP contribution in [-0.4, -0.2) is 88.6 Å². The molecule has 0 radical (unpaired) electrons. The van der Waals surface area contributed by atoms with Crippen LogP contribution < -0.4 is 33.2 Å². The number of thioether (sulfide) groups is 1. The number of nitrogens with one attached hydrogen (secondary N) is 3. The minimum Gasteiger partial charge on any atom is -0.481 e. The molecule has 0 saturated heterocycles. The van der Waals surface area contributed by atoms with Gasteiger partial charge in [0.15, 0.2) is 5.96 Å². The summed E-state index contributed by atoms with van der Waals surface area (Å²) in [6, 6.07) is -4.47. The number of carboxylic acid groups (broad SMARTS) is 2. The smallest absolute Gasteiger partial charge is 0.326 e. The lowest BCUT2D eigenvalue weighted by molar-refractivity contribution is -0.142. The molecule has 212 valence electrons. The van der Waals surface area contributed by atoms with Gasteiger partial charge < -0.3 is 43.4 Å². The average Bonchev–Trinajstić information content (AvgIpc) is 2.83. The Morgan fingerprint density at radius 3 is 2.05 bits per heavy atom. The summed E-state index contributed by atoms with van der Waals surface area (Å²) in [5, 5.41) is 25.9. The van der Waals surface area contributed by atoms with Gasteiger partial charge in [0.1, 0.15) is 18.1 Å². The zero-order valence-corrected chi connectivity index (χ0v) is 22.4. The van der Waals surface area contributed by atoms with Gasteiger partial charge in [0, 0.05) is 13.0 Å². The van der Waals surface area contributed by atoms with E-state index in [1.807, 2.05) is 13.2 Å². The maximum absolute atomic E-state index is 13.2. The van der Waals surface area contributed by atoms with E-state index in [4.69, 9.17) is 22.3 Å². The third-order valence-corrected chi connectivity index (χ3v) is 6.25. The summed E-state index contributed by atoms with van der Waals surface area (Å²) in [7, 11) is 0. The van der Waals surface area contributed by atoms with Crippen LogP contribution in [0, 0.1) is 5.92 Å². The van der Waals surface area contributed by atoms with Crippen LogP contribution in [0.2, 0.25) is 0 Å². The van der Waals surface area contributed by atoms with Crippen molar-refractivity contribution in [2.45, 2.75) is 76.5 Å². The van der Waals surface area contributed by atoms with Crippen LogP contribution in [0.3, 0.4) is 0 Å². The summed E-state index contributed by atoms with van der Waals surface area (Å²) in [4.78, 5) is 64.9. The molecule has 5 unspecified atom stereocenters. The number of amides is 3. The van der Waals surface area contributed by atoms with Crippen LogP contribution in [-0.2, 0) is 24.0 Å². The Balaban J connectivity index is 5.63. The van der Waals surface area contributed by atoms with E-state index in [1.165, 1.54) is 11.8 Å². The van der Waals surface area contributed by atoms with E-state index in [2.05, 4.69) is 20.9 Å². The number of carboxylic acids is 2. The Morgan fingerprint density at radius 2 is 1.54 bits per heavy atom. The molecule has 0 aliphatic rings. The Morgan fingerprint density at radius 1 is 0.919 bits per heavy atom. The fourth-order valence-corrected chi connectivity index (χ4v) is 3.64. The fraction of sp³-hybridized carbons (Fsp3) is 0.727. The molecule has 37 heavy (non-hydrogen) atoms.